The number of aryl methyl sites for hydroxylation is 1. The highest BCUT2D eigenvalue weighted by Crippen LogP contribution is 2.25. The molecular weight excluding hydrogens is 236 g/mol. The molecule has 3 rings (SSSR count). The van der Waals surface area contributed by atoms with Crippen LogP contribution in [0.4, 0.5) is 5.82 Å². The molecule has 2 aliphatic rings. The molecule has 0 saturated carbocycles. The van der Waals surface area contributed by atoms with Crippen LogP contribution in [-0.4, -0.2) is 28.6 Å². The molecule has 1 fully saturated rings. The van der Waals surface area contributed by atoms with Crippen LogP contribution in [0.3, 0.4) is 0 Å². The normalized spacial score (nSPS) is 27.4. The van der Waals surface area contributed by atoms with Crippen molar-refractivity contribution in [1.29, 1.82) is 0 Å². The van der Waals surface area contributed by atoms with E-state index in [4.69, 9.17) is 0 Å². The van der Waals surface area contributed by atoms with Crippen LogP contribution in [-0.2, 0) is 12.8 Å². The summed E-state index contributed by atoms with van der Waals surface area (Å²) in [6, 6.07) is 1.16. The zero-order valence-corrected chi connectivity index (χ0v) is 11.8. The van der Waals surface area contributed by atoms with E-state index in [1.54, 1.807) is 6.33 Å². The standard InChI is InChI=1S/C15H24N4/c1-11-9-12(7-8-16-11)19-15-13-5-3-2-4-6-14(13)17-10-18-15/h10-12,16H,2-9H2,1H3,(H,17,18,19). The van der Waals surface area contributed by atoms with Gasteiger partial charge in [-0.2, -0.15) is 0 Å². The minimum Gasteiger partial charge on any atom is -0.367 e. The van der Waals surface area contributed by atoms with E-state index in [1.165, 1.54) is 43.4 Å². The summed E-state index contributed by atoms with van der Waals surface area (Å²) in [7, 11) is 0. The third kappa shape index (κ3) is 3.06. The topological polar surface area (TPSA) is 49.8 Å². The Balaban J connectivity index is 1.77. The number of hydrogen-bond acceptors (Lipinski definition) is 4. The molecule has 0 aromatic carbocycles. The van der Waals surface area contributed by atoms with Crippen LogP contribution in [0.5, 0.6) is 0 Å². The van der Waals surface area contributed by atoms with Crippen molar-refractivity contribution < 1.29 is 0 Å². The largest absolute Gasteiger partial charge is 0.367 e. The van der Waals surface area contributed by atoms with E-state index in [2.05, 4.69) is 27.5 Å². The Morgan fingerprint density at radius 1 is 1.21 bits per heavy atom. The van der Waals surface area contributed by atoms with Gasteiger partial charge in [-0.05, 0) is 52.0 Å². The third-order valence-electron chi connectivity index (χ3n) is 4.34. The van der Waals surface area contributed by atoms with Crippen LogP contribution in [0, 0.1) is 0 Å². The van der Waals surface area contributed by atoms with Crippen LogP contribution < -0.4 is 10.6 Å². The predicted octanol–water partition coefficient (Wildman–Crippen LogP) is 2.30. The van der Waals surface area contributed by atoms with Crippen LogP contribution in [0.2, 0.25) is 0 Å². The van der Waals surface area contributed by atoms with Crippen LogP contribution in [0.15, 0.2) is 6.33 Å². The van der Waals surface area contributed by atoms with E-state index in [0.29, 0.717) is 12.1 Å². The first-order valence-corrected chi connectivity index (χ1v) is 7.65. The lowest BCUT2D eigenvalue weighted by Gasteiger charge is -2.29. The average Bonchev–Trinajstić information content (AvgIpc) is 2.65. The Hall–Kier alpha value is -1.16. The van der Waals surface area contributed by atoms with Gasteiger partial charge in [0, 0.05) is 23.3 Å². The Morgan fingerprint density at radius 2 is 2.11 bits per heavy atom. The fraction of sp³-hybridized carbons (Fsp3) is 0.733. The van der Waals surface area contributed by atoms with E-state index in [9.17, 15) is 0 Å². The molecule has 1 aliphatic carbocycles. The minimum atomic E-state index is 0.554. The molecule has 104 valence electrons. The summed E-state index contributed by atoms with van der Waals surface area (Å²) in [6.07, 6.45) is 10.2. The van der Waals surface area contributed by atoms with Gasteiger partial charge in [0.15, 0.2) is 0 Å². The first-order valence-electron chi connectivity index (χ1n) is 7.65. The molecule has 2 N–H and O–H groups in total. The highest BCUT2D eigenvalue weighted by molar-refractivity contribution is 5.47. The van der Waals surface area contributed by atoms with Gasteiger partial charge in [-0.3, -0.25) is 0 Å². The number of piperidine rings is 1. The zero-order valence-electron chi connectivity index (χ0n) is 11.8. The molecule has 0 amide bonds. The summed E-state index contributed by atoms with van der Waals surface area (Å²) < 4.78 is 0. The molecule has 2 atom stereocenters. The van der Waals surface area contributed by atoms with Gasteiger partial charge in [-0.25, -0.2) is 9.97 Å². The first-order chi connectivity index (χ1) is 9.33. The number of anilines is 1. The highest BCUT2D eigenvalue weighted by Gasteiger charge is 2.21. The molecule has 1 saturated heterocycles. The van der Waals surface area contributed by atoms with Gasteiger partial charge in [-0.15, -0.1) is 0 Å². The Labute approximate surface area is 115 Å². The lowest BCUT2D eigenvalue weighted by Crippen LogP contribution is -2.41. The molecule has 4 nitrogen and oxygen atoms in total. The summed E-state index contributed by atoms with van der Waals surface area (Å²) in [5.74, 6) is 1.10. The van der Waals surface area contributed by atoms with Gasteiger partial charge in [0.25, 0.3) is 0 Å². The lowest BCUT2D eigenvalue weighted by atomic mass is 10.00. The van der Waals surface area contributed by atoms with E-state index in [1.807, 2.05) is 0 Å². The average molecular weight is 260 g/mol. The summed E-state index contributed by atoms with van der Waals surface area (Å²) in [5, 5.41) is 7.17. The fourth-order valence-electron chi connectivity index (χ4n) is 3.28. The smallest absolute Gasteiger partial charge is 0.133 e. The van der Waals surface area contributed by atoms with E-state index >= 15 is 0 Å². The lowest BCUT2D eigenvalue weighted by molar-refractivity contribution is 0.395. The maximum atomic E-state index is 4.51. The van der Waals surface area contributed by atoms with Crippen molar-refractivity contribution in [2.24, 2.45) is 0 Å². The second-order valence-electron chi connectivity index (χ2n) is 5.93. The van der Waals surface area contributed by atoms with Crippen LogP contribution >= 0.6 is 0 Å². The van der Waals surface area contributed by atoms with Gasteiger partial charge in [-0.1, -0.05) is 6.42 Å². The van der Waals surface area contributed by atoms with Crippen LogP contribution in [0.1, 0.15) is 50.3 Å². The van der Waals surface area contributed by atoms with Crippen molar-refractivity contribution in [3.63, 3.8) is 0 Å². The second kappa shape index (κ2) is 5.87. The Kier molecular flexibility index (Phi) is 3.97. The van der Waals surface area contributed by atoms with Crippen molar-refractivity contribution >= 4 is 5.82 Å². The van der Waals surface area contributed by atoms with E-state index in [-0.39, 0.29) is 0 Å². The Bertz CT molecular complexity index is 432. The summed E-state index contributed by atoms with van der Waals surface area (Å²) in [6.45, 7) is 3.36. The van der Waals surface area contributed by atoms with Crippen molar-refractivity contribution in [2.45, 2.75) is 64.0 Å². The number of aromatic nitrogens is 2. The maximum Gasteiger partial charge on any atom is 0.133 e. The molecule has 1 aliphatic heterocycles. The number of rotatable bonds is 2. The summed E-state index contributed by atoms with van der Waals surface area (Å²) >= 11 is 0. The molecule has 0 radical (unpaired) electrons. The molecule has 0 bridgehead atoms. The molecule has 4 heteroatoms. The third-order valence-corrected chi connectivity index (χ3v) is 4.34. The molecule has 2 heterocycles. The van der Waals surface area contributed by atoms with Crippen molar-refractivity contribution in [1.82, 2.24) is 15.3 Å². The molecule has 19 heavy (non-hydrogen) atoms. The number of nitrogens with zero attached hydrogens (tertiary/aromatic N) is 2. The second-order valence-corrected chi connectivity index (χ2v) is 5.93. The molecule has 2 unspecified atom stereocenters. The monoisotopic (exact) mass is 260 g/mol. The zero-order chi connectivity index (χ0) is 13.1. The highest BCUT2D eigenvalue weighted by atomic mass is 15.1. The van der Waals surface area contributed by atoms with Gasteiger partial charge in [0.1, 0.15) is 12.1 Å². The number of fused-ring (bicyclic) bond motifs is 1. The maximum absolute atomic E-state index is 4.51. The van der Waals surface area contributed by atoms with E-state index in [0.717, 1.165) is 25.2 Å². The van der Waals surface area contributed by atoms with E-state index < -0.39 is 0 Å². The fourth-order valence-corrected chi connectivity index (χ4v) is 3.28. The van der Waals surface area contributed by atoms with Gasteiger partial charge < -0.3 is 10.6 Å². The number of nitrogens with one attached hydrogen (secondary N) is 2. The van der Waals surface area contributed by atoms with Crippen molar-refractivity contribution in [3.05, 3.63) is 17.6 Å². The summed E-state index contributed by atoms with van der Waals surface area (Å²) in [4.78, 5) is 8.99. The van der Waals surface area contributed by atoms with Gasteiger partial charge in [0.2, 0.25) is 0 Å². The van der Waals surface area contributed by atoms with Gasteiger partial charge in [0.05, 0.1) is 0 Å². The molecule has 1 aromatic rings. The molecule has 0 spiro atoms. The summed E-state index contributed by atoms with van der Waals surface area (Å²) in [5.41, 5.74) is 2.66. The number of hydrogen-bond donors (Lipinski definition) is 2. The van der Waals surface area contributed by atoms with Crippen molar-refractivity contribution in [2.75, 3.05) is 11.9 Å². The van der Waals surface area contributed by atoms with Crippen LogP contribution in [0.25, 0.3) is 0 Å². The Morgan fingerprint density at radius 3 is 3.00 bits per heavy atom. The predicted molar refractivity (Wildman–Crippen MR) is 77.4 cm³/mol. The first kappa shape index (κ1) is 12.9. The van der Waals surface area contributed by atoms with Gasteiger partial charge >= 0.3 is 0 Å². The SMILES string of the molecule is CC1CC(Nc2ncnc3c2CCCCC3)CCN1. The van der Waals surface area contributed by atoms with Crippen molar-refractivity contribution in [3.8, 4) is 0 Å². The quantitative estimate of drug-likeness (QED) is 0.801. The molecular formula is C15H24N4. The molecule has 1 aromatic heterocycles. The minimum absolute atomic E-state index is 0.554.